The zero-order valence-electron chi connectivity index (χ0n) is 15.8. The Balaban J connectivity index is 1.32. The van der Waals surface area contributed by atoms with E-state index < -0.39 is 0 Å². The summed E-state index contributed by atoms with van der Waals surface area (Å²) in [6.45, 7) is 8.46. The monoisotopic (exact) mass is 384 g/mol. The Morgan fingerprint density at radius 2 is 2.04 bits per heavy atom. The van der Waals surface area contributed by atoms with Crippen molar-refractivity contribution in [3.8, 4) is 0 Å². The van der Waals surface area contributed by atoms with Crippen molar-refractivity contribution < 1.29 is 4.79 Å². The molecule has 0 unspecified atom stereocenters. The average molecular weight is 385 g/mol. The Kier molecular flexibility index (Phi) is 5.18. The predicted octanol–water partition coefficient (Wildman–Crippen LogP) is 2.08. The largest absolute Gasteiger partial charge is 0.340 e. The molecular weight excluding hydrogens is 360 g/mol. The fourth-order valence-corrected chi connectivity index (χ4v) is 4.36. The lowest BCUT2D eigenvalue weighted by molar-refractivity contribution is -0.133. The van der Waals surface area contributed by atoms with Gasteiger partial charge in [-0.1, -0.05) is 0 Å². The molecule has 0 bridgehead atoms. The van der Waals surface area contributed by atoms with Gasteiger partial charge in [0.2, 0.25) is 5.91 Å². The molecule has 4 rings (SSSR count). The van der Waals surface area contributed by atoms with Crippen LogP contribution in [-0.4, -0.2) is 61.5 Å². The van der Waals surface area contributed by atoms with Crippen molar-refractivity contribution in [1.29, 1.82) is 0 Å². The average Bonchev–Trinajstić information content (AvgIpc) is 3.34. The van der Waals surface area contributed by atoms with Crippen LogP contribution < -0.4 is 0 Å². The van der Waals surface area contributed by atoms with Crippen molar-refractivity contribution in [3.63, 3.8) is 0 Å². The lowest BCUT2D eigenvalue weighted by atomic mass is 10.1. The van der Waals surface area contributed by atoms with E-state index in [1.54, 1.807) is 15.9 Å². The molecule has 0 N–H and O–H groups in total. The maximum atomic E-state index is 12.7. The van der Waals surface area contributed by atoms with Crippen LogP contribution in [0.4, 0.5) is 0 Å². The number of rotatable bonds is 5. The third-order valence-electron chi connectivity index (χ3n) is 5.29. The molecule has 1 aliphatic rings. The van der Waals surface area contributed by atoms with Gasteiger partial charge in [0.1, 0.15) is 6.33 Å². The minimum atomic E-state index is 0.225. The van der Waals surface area contributed by atoms with E-state index in [0.717, 1.165) is 49.7 Å². The first-order valence-corrected chi connectivity index (χ1v) is 10.2. The molecule has 8 heteroatoms. The lowest BCUT2D eigenvalue weighted by Gasteiger charge is -2.34. The van der Waals surface area contributed by atoms with E-state index in [1.807, 2.05) is 18.7 Å². The first-order valence-electron chi connectivity index (χ1n) is 9.29. The van der Waals surface area contributed by atoms with Gasteiger partial charge >= 0.3 is 0 Å². The highest BCUT2D eigenvalue weighted by Gasteiger charge is 2.22. The molecule has 142 valence electrons. The highest BCUT2D eigenvalue weighted by atomic mass is 32.1. The number of hydrogen-bond donors (Lipinski definition) is 0. The van der Waals surface area contributed by atoms with Crippen LogP contribution in [0.15, 0.2) is 23.2 Å². The highest BCUT2D eigenvalue weighted by Crippen LogP contribution is 2.17. The maximum absolute atomic E-state index is 12.7. The summed E-state index contributed by atoms with van der Waals surface area (Å²) in [7, 11) is 0. The minimum Gasteiger partial charge on any atom is -0.340 e. The van der Waals surface area contributed by atoms with E-state index in [-0.39, 0.29) is 5.91 Å². The Bertz CT molecular complexity index is 927. The summed E-state index contributed by atoms with van der Waals surface area (Å²) in [5, 5.41) is 8.53. The molecule has 7 nitrogen and oxygen atoms in total. The Morgan fingerprint density at radius 1 is 1.22 bits per heavy atom. The number of thiophene rings is 1. The van der Waals surface area contributed by atoms with Crippen LogP contribution in [0.2, 0.25) is 0 Å². The molecule has 0 saturated carbocycles. The fraction of sp³-hybridized carbons (Fsp3) is 0.474. The first kappa shape index (κ1) is 18.1. The molecule has 0 atom stereocenters. The van der Waals surface area contributed by atoms with E-state index in [9.17, 15) is 4.79 Å². The van der Waals surface area contributed by atoms with Crippen LogP contribution in [0, 0.1) is 13.8 Å². The maximum Gasteiger partial charge on any atom is 0.252 e. The Labute approximate surface area is 162 Å². The summed E-state index contributed by atoms with van der Waals surface area (Å²) >= 11 is 1.74. The molecule has 3 aromatic rings. The molecule has 27 heavy (non-hydrogen) atoms. The molecule has 1 fully saturated rings. The van der Waals surface area contributed by atoms with Crippen molar-refractivity contribution in [2.45, 2.75) is 33.2 Å². The number of amides is 1. The molecule has 0 aromatic carbocycles. The summed E-state index contributed by atoms with van der Waals surface area (Å²) in [5.41, 5.74) is 4.41. The number of piperazine rings is 1. The number of aryl methyl sites for hydroxylation is 2. The molecule has 4 heterocycles. The second-order valence-electron chi connectivity index (χ2n) is 7.02. The number of hydrogen-bond acceptors (Lipinski definition) is 6. The summed E-state index contributed by atoms with van der Waals surface area (Å²) in [6.07, 6.45) is 2.71. The molecule has 0 aliphatic carbocycles. The van der Waals surface area contributed by atoms with Gasteiger partial charge in [-0.05, 0) is 48.2 Å². The van der Waals surface area contributed by atoms with E-state index >= 15 is 0 Å². The van der Waals surface area contributed by atoms with Gasteiger partial charge < -0.3 is 4.90 Å². The smallest absolute Gasteiger partial charge is 0.252 e. The second kappa shape index (κ2) is 7.74. The SMILES string of the molecule is Cc1nc2ncnn2c(C)c1CCC(=O)N1CCN(Cc2ccsc2)CC1. The molecule has 0 spiro atoms. The fourth-order valence-electron chi connectivity index (χ4n) is 3.70. The molecule has 1 amide bonds. The van der Waals surface area contributed by atoms with Crippen LogP contribution in [-0.2, 0) is 17.8 Å². The Hall–Kier alpha value is -2.32. The predicted molar refractivity (Wildman–Crippen MR) is 105 cm³/mol. The first-order chi connectivity index (χ1) is 13.1. The summed E-state index contributed by atoms with van der Waals surface area (Å²) in [6, 6.07) is 2.17. The summed E-state index contributed by atoms with van der Waals surface area (Å²) in [4.78, 5) is 25.7. The topological polar surface area (TPSA) is 66.6 Å². The van der Waals surface area contributed by atoms with E-state index in [2.05, 4.69) is 36.8 Å². The van der Waals surface area contributed by atoms with Crippen molar-refractivity contribution in [3.05, 3.63) is 45.7 Å². The molecule has 1 aliphatic heterocycles. The standard InChI is InChI=1S/C19H24N6OS/c1-14-17(15(2)25-19(22-14)20-13-21-25)3-4-18(26)24-8-6-23(7-9-24)11-16-5-10-27-12-16/h5,10,12-13H,3-4,6-9,11H2,1-2H3. The second-order valence-corrected chi connectivity index (χ2v) is 7.80. The van der Waals surface area contributed by atoms with Gasteiger partial charge in [0.15, 0.2) is 0 Å². The van der Waals surface area contributed by atoms with Crippen molar-refractivity contribution in [2.24, 2.45) is 0 Å². The molecule has 3 aromatic heterocycles. The van der Waals surface area contributed by atoms with Gasteiger partial charge in [-0.2, -0.15) is 21.4 Å². The number of fused-ring (bicyclic) bond motifs is 1. The van der Waals surface area contributed by atoms with Gasteiger partial charge in [-0.15, -0.1) is 0 Å². The van der Waals surface area contributed by atoms with Crippen LogP contribution in [0.25, 0.3) is 5.78 Å². The van der Waals surface area contributed by atoms with Gasteiger partial charge in [0.05, 0.1) is 0 Å². The lowest BCUT2D eigenvalue weighted by Crippen LogP contribution is -2.48. The van der Waals surface area contributed by atoms with Crippen molar-refractivity contribution >= 4 is 23.0 Å². The number of carbonyl (C=O) groups excluding carboxylic acids is 1. The van der Waals surface area contributed by atoms with Gasteiger partial charge in [0.25, 0.3) is 5.78 Å². The molecular formula is C19H24N6OS. The number of nitrogens with zero attached hydrogens (tertiary/aromatic N) is 6. The van der Waals surface area contributed by atoms with Gasteiger partial charge in [-0.25, -0.2) is 9.50 Å². The minimum absolute atomic E-state index is 0.225. The van der Waals surface area contributed by atoms with Crippen LogP contribution in [0.5, 0.6) is 0 Å². The van der Waals surface area contributed by atoms with Crippen LogP contribution in [0.1, 0.15) is 28.9 Å². The zero-order valence-corrected chi connectivity index (χ0v) is 16.6. The van der Waals surface area contributed by atoms with Crippen molar-refractivity contribution in [1.82, 2.24) is 29.4 Å². The number of carbonyl (C=O) groups is 1. The van der Waals surface area contributed by atoms with Crippen LogP contribution >= 0.6 is 11.3 Å². The zero-order chi connectivity index (χ0) is 18.8. The van der Waals surface area contributed by atoms with Gasteiger partial charge in [0, 0.05) is 50.5 Å². The molecule has 1 saturated heterocycles. The van der Waals surface area contributed by atoms with Crippen molar-refractivity contribution in [2.75, 3.05) is 26.2 Å². The van der Waals surface area contributed by atoms with Gasteiger partial charge in [-0.3, -0.25) is 9.69 Å². The third-order valence-corrected chi connectivity index (χ3v) is 6.02. The normalized spacial score (nSPS) is 15.6. The quantitative estimate of drug-likeness (QED) is 0.674. The van der Waals surface area contributed by atoms with E-state index in [1.165, 1.54) is 11.9 Å². The molecule has 0 radical (unpaired) electrons. The third kappa shape index (κ3) is 3.86. The van der Waals surface area contributed by atoms with Crippen LogP contribution in [0.3, 0.4) is 0 Å². The summed E-state index contributed by atoms with van der Waals surface area (Å²) < 4.78 is 1.75. The van der Waals surface area contributed by atoms with E-state index in [4.69, 9.17) is 0 Å². The van der Waals surface area contributed by atoms with E-state index in [0.29, 0.717) is 18.6 Å². The Morgan fingerprint density at radius 3 is 2.78 bits per heavy atom. The summed E-state index contributed by atoms with van der Waals surface area (Å²) in [5.74, 6) is 0.837. The number of aromatic nitrogens is 4. The highest BCUT2D eigenvalue weighted by molar-refractivity contribution is 7.07.